The van der Waals surface area contributed by atoms with Gasteiger partial charge in [0.1, 0.15) is 12.5 Å². The summed E-state index contributed by atoms with van der Waals surface area (Å²) in [5.41, 5.74) is 7.50. The van der Waals surface area contributed by atoms with E-state index in [-0.39, 0.29) is 25.9 Å². The smallest absolute Gasteiger partial charge is 0.289 e. The van der Waals surface area contributed by atoms with E-state index >= 15 is 0 Å². The average molecular weight is 529 g/mol. The van der Waals surface area contributed by atoms with E-state index in [0.29, 0.717) is 0 Å². The first-order chi connectivity index (χ1) is 18.8. The maximum absolute atomic E-state index is 13.2. The number of primary amides is 1. The number of carbonyl (C=O) groups is 5. The van der Waals surface area contributed by atoms with Crippen LogP contribution in [0, 0.1) is 0 Å². The van der Waals surface area contributed by atoms with Crippen molar-refractivity contribution in [3.8, 4) is 0 Å². The van der Waals surface area contributed by atoms with Crippen molar-refractivity contribution >= 4 is 29.4 Å². The molecule has 2 atom stereocenters. The molecular formula is C30H32N4O5. The summed E-state index contributed by atoms with van der Waals surface area (Å²) in [6, 6.07) is 26.3. The second-order valence-corrected chi connectivity index (χ2v) is 9.10. The Hall–Kier alpha value is -4.79. The van der Waals surface area contributed by atoms with E-state index in [0.717, 1.165) is 16.7 Å². The van der Waals surface area contributed by atoms with Crippen LogP contribution in [-0.4, -0.2) is 42.0 Å². The van der Waals surface area contributed by atoms with Gasteiger partial charge < -0.3 is 21.7 Å². The van der Waals surface area contributed by atoms with Gasteiger partial charge in [-0.1, -0.05) is 91.0 Å². The van der Waals surface area contributed by atoms with Gasteiger partial charge in [0.25, 0.3) is 5.91 Å². The molecule has 0 unspecified atom stereocenters. The molecule has 0 aromatic heterocycles. The molecular weight excluding hydrogens is 496 g/mol. The molecule has 0 aliphatic rings. The molecule has 9 heteroatoms. The fourth-order valence-electron chi connectivity index (χ4n) is 4.05. The summed E-state index contributed by atoms with van der Waals surface area (Å²) in [6.07, 6.45) is -0.389. The number of rotatable bonds is 14. The SMILES string of the molecule is NC(=O)CC(=O)NC[C@@H](CC(=O)N[C@@H](Cc1ccccc1)C(=O)C(=O)NCc1ccccc1)c1ccccc1. The Morgan fingerprint density at radius 1 is 0.692 bits per heavy atom. The Bertz CT molecular complexity index is 1270. The van der Waals surface area contributed by atoms with Gasteiger partial charge in [0.15, 0.2) is 0 Å². The maximum Gasteiger partial charge on any atom is 0.289 e. The molecule has 0 saturated carbocycles. The number of nitrogens with two attached hydrogens (primary N) is 1. The van der Waals surface area contributed by atoms with Crippen molar-refractivity contribution in [2.45, 2.75) is 37.8 Å². The van der Waals surface area contributed by atoms with E-state index in [9.17, 15) is 24.0 Å². The van der Waals surface area contributed by atoms with Crippen molar-refractivity contribution in [3.63, 3.8) is 0 Å². The van der Waals surface area contributed by atoms with Crippen LogP contribution in [0.4, 0.5) is 0 Å². The molecule has 202 valence electrons. The van der Waals surface area contributed by atoms with Crippen molar-refractivity contribution < 1.29 is 24.0 Å². The van der Waals surface area contributed by atoms with Crippen LogP contribution < -0.4 is 21.7 Å². The predicted molar refractivity (Wildman–Crippen MR) is 146 cm³/mol. The normalized spacial score (nSPS) is 12.0. The molecule has 0 aliphatic carbocycles. The molecule has 3 aromatic carbocycles. The Morgan fingerprint density at radius 3 is 1.85 bits per heavy atom. The van der Waals surface area contributed by atoms with Gasteiger partial charge in [-0.3, -0.25) is 24.0 Å². The highest BCUT2D eigenvalue weighted by Gasteiger charge is 2.28. The molecule has 5 N–H and O–H groups in total. The van der Waals surface area contributed by atoms with Crippen LogP contribution in [0.5, 0.6) is 0 Å². The Balaban J connectivity index is 1.71. The van der Waals surface area contributed by atoms with Crippen molar-refractivity contribution in [3.05, 3.63) is 108 Å². The van der Waals surface area contributed by atoms with Gasteiger partial charge in [-0.15, -0.1) is 0 Å². The van der Waals surface area contributed by atoms with Crippen LogP contribution >= 0.6 is 0 Å². The van der Waals surface area contributed by atoms with E-state index in [1.165, 1.54) is 0 Å². The lowest BCUT2D eigenvalue weighted by Crippen LogP contribution is -2.49. The second kappa shape index (κ2) is 14.8. The van der Waals surface area contributed by atoms with Crippen LogP contribution in [0.1, 0.15) is 35.4 Å². The summed E-state index contributed by atoms with van der Waals surface area (Å²) < 4.78 is 0. The lowest BCUT2D eigenvalue weighted by atomic mass is 9.94. The molecule has 3 rings (SSSR count). The van der Waals surface area contributed by atoms with Gasteiger partial charge >= 0.3 is 0 Å². The first-order valence-electron chi connectivity index (χ1n) is 12.6. The van der Waals surface area contributed by atoms with E-state index in [1.807, 2.05) is 91.0 Å². The number of amides is 4. The largest absolute Gasteiger partial charge is 0.369 e. The molecule has 3 aromatic rings. The third-order valence-electron chi connectivity index (χ3n) is 6.04. The summed E-state index contributed by atoms with van der Waals surface area (Å²) >= 11 is 0. The van der Waals surface area contributed by atoms with E-state index in [2.05, 4.69) is 16.0 Å². The van der Waals surface area contributed by atoms with Crippen molar-refractivity contribution in [2.75, 3.05) is 6.54 Å². The molecule has 0 spiro atoms. The van der Waals surface area contributed by atoms with Gasteiger partial charge in [-0.2, -0.15) is 0 Å². The van der Waals surface area contributed by atoms with Crippen LogP contribution in [0.15, 0.2) is 91.0 Å². The number of Topliss-reactive ketones (excluding diaryl/α,β-unsaturated/α-hetero) is 1. The molecule has 4 amide bonds. The minimum Gasteiger partial charge on any atom is -0.369 e. The van der Waals surface area contributed by atoms with Crippen molar-refractivity contribution in [1.29, 1.82) is 0 Å². The minimum absolute atomic E-state index is 0.0644. The number of carbonyl (C=O) groups excluding carboxylic acids is 5. The summed E-state index contributed by atoms with van der Waals surface area (Å²) in [4.78, 5) is 62.1. The number of benzene rings is 3. The van der Waals surface area contributed by atoms with Gasteiger partial charge in [0.2, 0.25) is 23.5 Å². The fourth-order valence-corrected chi connectivity index (χ4v) is 4.05. The van der Waals surface area contributed by atoms with Crippen molar-refractivity contribution in [2.24, 2.45) is 5.73 Å². The molecule has 0 bridgehead atoms. The van der Waals surface area contributed by atoms with E-state index in [4.69, 9.17) is 5.73 Å². The van der Waals surface area contributed by atoms with Gasteiger partial charge in [0, 0.05) is 31.8 Å². The Kier molecular flexibility index (Phi) is 10.9. The lowest BCUT2D eigenvalue weighted by molar-refractivity contribution is -0.140. The van der Waals surface area contributed by atoms with Gasteiger partial charge in [-0.25, -0.2) is 0 Å². The topological polar surface area (TPSA) is 147 Å². The van der Waals surface area contributed by atoms with Gasteiger partial charge in [0.05, 0.1) is 0 Å². The maximum atomic E-state index is 13.2. The number of ketones is 1. The molecule has 0 aliphatic heterocycles. The van der Waals surface area contributed by atoms with E-state index in [1.54, 1.807) is 0 Å². The fraction of sp³-hybridized carbons (Fsp3) is 0.233. The van der Waals surface area contributed by atoms with E-state index < -0.39 is 47.8 Å². The highest BCUT2D eigenvalue weighted by atomic mass is 16.2. The van der Waals surface area contributed by atoms with Crippen LogP contribution in [0.2, 0.25) is 0 Å². The highest BCUT2D eigenvalue weighted by Crippen LogP contribution is 2.19. The summed E-state index contributed by atoms with van der Waals surface area (Å²) in [5, 5.41) is 7.99. The van der Waals surface area contributed by atoms with Crippen LogP contribution in [0.3, 0.4) is 0 Å². The number of hydrogen-bond acceptors (Lipinski definition) is 5. The Labute approximate surface area is 227 Å². The van der Waals surface area contributed by atoms with Gasteiger partial charge in [-0.05, 0) is 16.7 Å². The first-order valence-corrected chi connectivity index (χ1v) is 12.6. The van der Waals surface area contributed by atoms with Crippen LogP contribution in [0.25, 0.3) is 0 Å². The zero-order valence-electron chi connectivity index (χ0n) is 21.5. The third kappa shape index (κ3) is 9.88. The Morgan fingerprint density at radius 2 is 1.26 bits per heavy atom. The summed E-state index contributed by atoms with van der Waals surface area (Å²) in [6.45, 7) is 0.261. The molecule has 39 heavy (non-hydrogen) atoms. The summed E-state index contributed by atoms with van der Waals surface area (Å²) in [5.74, 6) is -3.75. The molecule has 0 fully saturated rings. The standard InChI is InChI=1S/C30H32N4O5/c31-26(35)18-27(36)32-20-24(23-14-8-3-9-15-23)17-28(37)34-25(16-21-10-4-1-5-11-21)29(38)30(39)33-19-22-12-6-2-7-13-22/h1-15,24-25H,16-20H2,(H2,31,35)(H,32,36)(H,33,39)(H,34,37)/t24-,25+/m1/s1. The second-order valence-electron chi connectivity index (χ2n) is 9.10. The monoisotopic (exact) mass is 528 g/mol. The third-order valence-corrected chi connectivity index (χ3v) is 6.04. The first kappa shape index (κ1) is 28.8. The predicted octanol–water partition coefficient (Wildman–Crippen LogP) is 1.76. The average Bonchev–Trinajstić information content (AvgIpc) is 2.94. The van der Waals surface area contributed by atoms with Crippen LogP contribution in [-0.2, 0) is 36.9 Å². The summed E-state index contributed by atoms with van der Waals surface area (Å²) in [7, 11) is 0. The zero-order chi connectivity index (χ0) is 28.0. The molecule has 0 heterocycles. The number of nitrogens with one attached hydrogen (secondary N) is 3. The van der Waals surface area contributed by atoms with Crippen molar-refractivity contribution in [1.82, 2.24) is 16.0 Å². The lowest BCUT2D eigenvalue weighted by Gasteiger charge is -2.21. The quantitative estimate of drug-likeness (QED) is 0.186. The molecule has 0 radical (unpaired) electrons. The minimum atomic E-state index is -1.09. The molecule has 0 saturated heterocycles. The molecule has 9 nitrogen and oxygen atoms in total. The zero-order valence-corrected chi connectivity index (χ0v) is 21.5. The number of hydrogen-bond donors (Lipinski definition) is 4. The highest BCUT2D eigenvalue weighted by molar-refractivity contribution is 6.38.